The maximum atomic E-state index is 12.6. The van der Waals surface area contributed by atoms with Gasteiger partial charge in [-0.15, -0.1) is 11.3 Å². The Morgan fingerprint density at radius 3 is 3.00 bits per heavy atom. The van der Waals surface area contributed by atoms with Crippen LogP contribution in [0.5, 0.6) is 0 Å². The van der Waals surface area contributed by atoms with Crippen molar-refractivity contribution in [1.82, 2.24) is 20.4 Å². The molecule has 0 radical (unpaired) electrons. The summed E-state index contributed by atoms with van der Waals surface area (Å²) in [6.45, 7) is 7.18. The van der Waals surface area contributed by atoms with Crippen LogP contribution >= 0.6 is 11.3 Å². The highest BCUT2D eigenvalue weighted by Gasteiger charge is 2.25. The fraction of sp³-hybridized carbons (Fsp3) is 0.381. The van der Waals surface area contributed by atoms with Crippen LogP contribution < -0.4 is 5.32 Å². The lowest BCUT2D eigenvalue weighted by Gasteiger charge is -2.27. The second kappa shape index (κ2) is 8.24. The topological polar surface area (TPSA) is 71.3 Å². The Morgan fingerprint density at radius 2 is 2.25 bits per heavy atom. The Balaban J connectivity index is 1.36. The van der Waals surface area contributed by atoms with Gasteiger partial charge in [-0.3, -0.25) is 14.7 Å². The van der Waals surface area contributed by atoms with Crippen LogP contribution in [0.1, 0.15) is 43.5 Å². The first-order valence-electron chi connectivity index (χ1n) is 9.53. The van der Waals surface area contributed by atoms with Gasteiger partial charge in [0.15, 0.2) is 0 Å². The third kappa shape index (κ3) is 4.00. The fourth-order valence-corrected chi connectivity index (χ4v) is 4.72. The molecule has 4 heterocycles. The maximum absolute atomic E-state index is 12.6. The number of rotatable bonds is 6. The Bertz CT molecular complexity index is 945. The van der Waals surface area contributed by atoms with Crippen molar-refractivity contribution in [3.05, 3.63) is 68.5 Å². The van der Waals surface area contributed by atoms with E-state index in [2.05, 4.69) is 20.4 Å². The molecule has 0 fully saturated rings. The molecule has 7 heteroatoms. The number of hydrogen-bond acceptors (Lipinski definition) is 6. The first-order chi connectivity index (χ1) is 13.6. The minimum atomic E-state index is 0.0209. The zero-order valence-electron chi connectivity index (χ0n) is 16.2. The predicted molar refractivity (Wildman–Crippen MR) is 108 cm³/mol. The lowest BCUT2D eigenvalue weighted by Crippen LogP contribution is -2.31. The average Bonchev–Trinajstić information content (AvgIpc) is 3.27. The molecule has 3 aromatic rings. The third-order valence-electron chi connectivity index (χ3n) is 5.23. The highest BCUT2D eigenvalue weighted by atomic mass is 32.1. The maximum Gasteiger partial charge on any atom is 0.252 e. The van der Waals surface area contributed by atoms with Crippen molar-refractivity contribution >= 4 is 17.2 Å². The molecule has 1 aliphatic rings. The molecule has 146 valence electrons. The normalized spacial score (nSPS) is 14.1. The van der Waals surface area contributed by atoms with E-state index in [1.54, 1.807) is 17.5 Å². The molecule has 3 aromatic heterocycles. The quantitative estimate of drug-likeness (QED) is 0.692. The molecule has 4 rings (SSSR count). The lowest BCUT2D eigenvalue weighted by atomic mass is 10.0. The van der Waals surface area contributed by atoms with E-state index in [1.165, 1.54) is 16.0 Å². The predicted octanol–water partition coefficient (Wildman–Crippen LogP) is 3.28. The summed E-state index contributed by atoms with van der Waals surface area (Å²) >= 11 is 1.68. The number of pyridine rings is 1. The van der Waals surface area contributed by atoms with Crippen LogP contribution in [0.3, 0.4) is 0 Å². The van der Waals surface area contributed by atoms with E-state index in [0.717, 1.165) is 55.2 Å². The second-order valence-electron chi connectivity index (χ2n) is 7.14. The molecule has 1 amide bonds. The molecule has 0 aromatic carbocycles. The van der Waals surface area contributed by atoms with Gasteiger partial charge in [0, 0.05) is 60.3 Å². The molecule has 28 heavy (non-hydrogen) atoms. The van der Waals surface area contributed by atoms with Crippen LogP contribution in [0.4, 0.5) is 0 Å². The first-order valence-corrected chi connectivity index (χ1v) is 10.4. The van der Waals surface area contributed by atoms with E-state index in [9.17, 15) is 4.79 Å². The monoisotopic (exact) mass is 396 g/mol. The highest BCUT2D eigenvalue weighted by Crippen LogP contribution is 2.30. The van der Waals surface area contributed by atoms with Gasteiger partial charge in [-0.2, -0.15) is 0 Å². The van der Waals surface area contributed by atoms with Gasteiger partial charge in [0.2, 0.25) is 0 Å². The number of hydrogen-bond donors (Lipinski definition) is 1. The van der Waals surface area contributed by atoms with Gasteiger partial charge < -0.3 is 9.84 Å². The van der Waals surface area contributed by atoms with Crippen LogP contribution in [-0.2, 0) is 25.9 Å². The SMILES string of the molecule is Cc1noc(C)c1CN1CCc2c(C(=O)NCCc3ccccn3)csc2C1. The number of aryl methyl sites for hydroxylation is 2. The van der Waals surface area contributed by atoms with Crippen molar-refractivity contribution in [2.45, 2.75) is 39.8 Å². The molecule has 0 unspecified atom stereocenters. The first kappa shape index (κ1) is 18.8. The van der Waals surface area contributed by atoms with Crippen molar-refractivity contribution in [3.63, 3.8) is 0 Å². The number of carbonyl (C=O) groups is 1. The molecule has 0 bridgehead atoms. The summed E-state index contributed by atoms with van der Waals surface area (Å²) in [5.41, 5.74) is 5.16. The molecular formula is C21H24N4O2S. The molecular weight excluding hydrogens is 372 g/mol. The van der Waals surface area contributed by atoms with Crippen LogP contribution in [0.2, 0.25) is 0 Å². The van der Waals surface area contributed by atoms with Gasteiger partial charge in [-0.1, -0.05) is 11.2 Å². The van der Waals surface area contributed by atoms with E-state index < -0.39 is 0 Å². The number of fused-ring (bicyclic) bond motifs is 1. The van der Waals surface area contributed by atoms with E-state index >= 15 is 0 Å². The summed E-state index contributed by atoms with van der Waals surface area (Å²) in [7, 11) is 0. The molecule has 0 aliphatic carbocycles. The standard InChI is InChI=1S/C21H24N4O2S/c1-14-18(15(2)27-24-14)11-25-10-7-17-19(13-28-20(17)12-25)21(26)23-9-6-16-5-3-4-8-22-16/h3-5,8,13H,6-7,9-12H2,1-2H3,(H,23,26). The van der Waals surface area contributed by atoms with Crippen molar-refractivity contribution in [2.75, 3.05) is 13.1 Å². The number of thiophene rings is 1. The van der Waals surface area contributed by atoms with E-state index in [0.29, 0.717) is 6.54 Å². The van der Waals surface area contributed by atoms with Gasteiger partial charge in [-0.05, 0) is 38.0 Å². The zero-order chi connectivity index (χ0) is 19.5. The summed E-state index contributed by atoms with van der Waals surface area (Å²) in [6.07, 6.45) is 3.41. The van der Waals surface area contributed by atoms with E-state index in [-0.39, 0.29) is 5.91 Å². The number of carbonyl (C=O) groups excluding carboxylic acids is 1. The van der Waals surface area contributed by atoms with Crippen LogP contribution in [0.15, 0.2) is 34.3 Å². The van der Waals surface area contributed by atoms with Crippen molar-refractivity contribution in [1.29, 1.82) is 0 Å². The minimum absolute atomic E-state index is 0.0209. The average molecular weight is 397 g/mol. The van der Waals surface area contributed by atoms with Crippen molar-refractivity contribution in [2.24, 2.45) is 0 Å². The van der Waals surface area contributed by atoms with Crippen molar-refractivity contribution < 1.29 is 9.32 Å². The van der Waals surface area contributed by atoms with E-state index in [1.807, 2.05) is 37.4 Å². The number of nitrogens with one attached hydrogen (secondary N) is 1. The minimum Gasteiger partial charge on any atom is -0.361 e. The second-order valence-corrected chi connectivity index (χ2v) is 8.11. The summed E-state index contributed by atoms with van der Waals surface area (Å²) < 4.78 is 5.28. The number of amides is 1. The van der Waals surface area contributed by atoms with E-state index in [4.69, 9.17) is 4.52 Å². The molecule has 0 saturated heterocycles. The van der Waals surface area contributed by atoms with Crippen LogP contribution in [-0.4, -0.2) is 34.0 Å². The van der Waals surface area contributed by atoms with Crippen LogP contribution in [0, 0.1) is 13.8 Å². The molecule has 0 saturated carbocycles. The Morgan fingerprint density at radius 1 is 1.36 bits per heavy atom. The van der Waals surface area contributed by atoms with Crippen molar-refractivity contribution in [3.8, 4) is 0 Å². The zero-order valence-corrected chi connectivity index (χ0v) is 17.0. The summed E-state index contributed by atoms with van der Waals surface area (Å²) in [4.78, 5) is 20.6. The van der Waals surface area contributed by atoms with Gasteiger partial charge in [0.1, 0.15) is 5.76 Å². The lowest BCUT2D eigenvalue weighted by molar-refractivity contribution is 0.0952. The van der Waals surface area contributed by atoms with Crippen LogP contribution in [0.25, 0.3) is 0 Å². The summed E-state index contributed by atoms with van der Waals surface area (Å²) in [5, 5.41) is 9.09. The largest absolute Gasteiger partial charge is 0.361 e. The highest BCUT2D eigenvalue weighted by molar-refractivity contribution is 7.10. The fourth-order valence-electron chi connectivity index (χ4n) is 3.60. The number of aromatic nitrogens is 2. The Hall–Kier alpha value is -2.51. The summed E-state index contributed by atoms with van der Waals surface area (Å²) in [5.74, 6) is 0.912. The van der Waals surface area contributed by atoms with Gasteiger partial charge in [-0.25, -0.2) is 0 Å². The molecule has 6 nitrogen and oxygen atoms in total. The molecule has 0 spiro atoms. The molecule has 0 atom stereocenters. The van der Waals surface area contributed by atoms with Gasteiger partial charge in [0.25, 0.3) is 5.91 Å². The number of nitrogens with zero attached hydrogens (tertiary/aromatic N) is 3. The van der Waals surface area contributed by atoms with Gasteiger partial charge in [0.05, 0.1) is 11.3 Å². The molecule has 1 N–H and O–H groups in total. The van der Waals surface area contributed by atoms with Gasteiger partial charge >= 0.3 is 0 Å². The molecule has 1 aliphatic heterocycles. The smallest absolute Gasteiger partial charge is 0.252 e. The Labute approximate surface area is 168 Å². The summed E-state index contributed by atoms with van der Waals surface area (Å²) in [6, 6.07) is 5.84. The third-order valence-corrected chi connectivity index (χ3v) is 6.24. The Kier molecular flexibility index (Phi) is 5.54.